The van der Waals surface area contributed by atoms with E-state index in [0.717, 1.165) is 24.6 Å². The molecule has 2 aliphatic heterocycles. The third-order valence-electron chi connectivity index (χ3n) is 2.98. The molecule has 2 saturated heterocycles. The smallest absolute Gasteiger partial charge is 0.200 e. The Morgan fingerprint density at radius 1 is 0.850 bits per heavy atom. The molecule has 0 N–H and O–H groups in total. The van der Waals surface area contributed by atoms with E-state index >= 15 is 0 Å². The van der Waals surface area contributed by atoms with Crippen LogP contribution in [0.25, 0.3) is 0 Å². The van der Waals surface area contributed by atoms with Crippen LogP contribution in [0.4, 0.5) is 9.59 Å². The first-order chi connectivity index (χ1) is 9.32. The lowest BCUT2D eigenvalue weighted by Gasteiger charge is -2.25. The van der Waals surface area contributed by atoms with Gasteiger partial charge in [0.2, 0.25) is 15.7 Å². The second kappa shape index (κ2) is 7.97. The fourth-order valence-corrected chi connectivity index (χ4v) is 3.82. The monoisotopic (exact) mass is 314 g/mol. The van der Waals surface area contributed by atoms with E-state index in [2.05, 4.69) is 0 Å². The molecule has 2 heterocycles. The first-order valence-electron chi connectivity index (χ1n) is 6.19. The van der Waals surface area contributed by atoms with Gasteiger partial charge in [0.25, 0.3) is 0 Å². The SMILES string of the molecule is [B]C(=O)N1CCS(=O)(=O)CC1.[B]C(=O)N1CCSCC1. The third-order valence-corrected chi connectivity index (χ3v) is 5.53. The van der Waals surface area contributed by atoms with Gasteiger partial charge in [-0.1, -0.05) is 0 Å². The number of sulfone groups is 1. The van der Waals surface area contributed by atoms with Crippen LogP contribution >= 0.6 is 11.8 Å². The zero-order chi connectivity index (χ0) is 15.2. The van der Waals surface area contributed by atoms with E-state index in [-0.39, 0.29) is 30.4 Å². The topological polar surface area (TPSA) is 74.8 Å². The lowest BCUT2D eigenvalue weighted by molar-refractivity contribution is 0.225. The summed E-state index contributed by atoms with van der Waals surface area (Å²) in [7, 11) is 7.09. The summed E-state index contributed by atoms with van der Waals surface area (Å²) < 4.78 is 21.7. The molecule has 108 valence electrons. The largest absolute Gasteiger partial charge is 0.351 e. The van der Waals surface area contributed by atoms with Crippen LogP contribution in [0.3, 0.4) is 0 Å². The van der Waals surface area contributed by atoms with Crippen LogP contribution in [0.15, 0.2) is 0 Å². The summed E-state index contributed by atoms with van der Waals surface area (Å²) in [5.41, 5.74) is 0. The van der Waals surface area contributed by atoms with E-state index in [1.165, 1.54) is 4.90 Å². The van der Waals surface area contributed by atoms with Gasteiger partial charge < -0.3 is 9.80 Å². The van der Waals surface area contributed by atoms with Crippen LogP contribution in [-0.2, 0) is 9.84 Å². The van der Waals surface area contributed by atoms with Crippen molar-refractivity contribution in [3.63, 3.8) is 0 Å². The van der Waals surface area contributed by atoms with Crippen molar-refractivity contribution in [2.24, 2.45) is 0 Å². The summed E-state index contributed by atoms with van der Waals surface area (Å²) in [5, 5.41) is 0. The second-order valence-corrected chi connectivity index (χ2v) is 7.94. The molecule has 6 nitrogen and oxygen atoms in total. The molecule has 0 spiro atoms. The normalized spacial score (nSPS) is 21.6. The molecule has 0 unspecified atom stereocenters. The van der Waals surface area contributed by atoms with Crippen molar-refractivity contribution >= 4 is 48.9 Å². The lowest BCUT2D eigenvalue weighted by atomic mass is 10.1. The minimum absolute atomic E-state index is 0.0376. The van der Waals surface area contributed by atoms with Crippen LogP contribution < -0.4 is 0 Å². The zero-order valence-corrected chi connectivity index (χ0v) is 12.8. The van der Waals surface area contributed by atoms with Gasteiger partial charge in [0.1, 0.15) is 0 Å². The van der Waals surface area contributed by atoms with Crippen molar-refractivity contribution in [1.29, 1.82) is 0 Å². The van der Waals surface area contributed by atoms with Crippen LogP contribution in [-0.4, -0.2) is 94.7 Å². The minimum atomic E-state index is -2.90. The van der Waals surface area contributed by atoms with Gasteiger partial charge in [-0.05, 0) is 0 Å². The predicted octanol–water partition coefficient (Wildman–Crippen LogP) is -0.671. The molecule has 0 aromatic heterocycles. The number of nitrogens with zero attached hydrogens (tertiary/aromatic N) is 2. The molecular weight excluding hydrogens is 298 g/mol. The molecule has 4 radical (unpaired) electrons. The number of rotatable bonds is 0. The van der Waals surface area contributed by atoms with Gasteiger partial charge in [-0.25, -0.2) is 8.42 Å². The fraction of sp³-hybridized carbons (Fsp3) is 0.800. The quantitative estimate of drug-likeness (QED) is 0.554. The zero-order valence-electron chi connectivity index (χ0n) is 11.2. The van der Waals surface area contributed by atoms with Crippen LogP contribution in [0.5, 0.6) is 0 Å². The highest BCUT2D eigenvalue weighted by Gasteiger charge is 2.22. The fourth-order valence-electron chi connectivity index (χ4n) is 1.72. The van der Waals surface area contributed by atoms with Gasteiger partial charge in [-0.3, -0.25) is 9.59 Å². The maximum Gasteiger partial charge on any atom is 0.200 e. The standard InChI is InChI=1S/C5H8BNO3S.C5H8BNOS/c6-5(8)7-1-3-11(9,10)4-2-7;6-5(8)7-1-3-9-4-2-7/h1-4H2;1-4H2. The van der Waals surface area contributed by atoms with Gasteiger partial charge in [0, 0.05) is 37.7 Å². The van der Waals surface area contributed by atoms with Crippen molar-refractivity contribution in [2.75, 3.05) is 49.2 Å². The number of thioether (sulfide) groups is 1. The number of amides is 2. The summed E-state index contributed by atoms with van der Waals surface area (Å²) in [4.78, 5) is 24.0. The number of carbonyl (C=O) groups is 2. The van der Waals surface area contributed by atoms with Gasteiger partial charge in [-0.15, -0.1) is 0 Å². The molecule has 0 aromatic carbocycles. The maximum absolute atomic E-state index is 10.8. The summed E-state index contributed by atoms with van der Waals surface area (Å²) in [5.74, 6) is 1.31. The third kappa shape index (κ3) is 6.21. The highest BCUT2D eigenvalue weighted by molar-refractivity contribution is 7.99. The van der Waals surface area contributed by atoms with Crippen LogP contribution in [0.2, 0.25) is 0 Å². The number of hydrogen-bond donors (Lipinski definition) is 0. The summed E-state index contributed by atoms with van der Waals surface area (Å²) >= 11 is 1.87. The Kier molecular flexibility index (Phi) is 6.94. The molecule has 2 rings (SSSR count). The van der Waals surface area contributed by atoms with E-state index in [9.17, 15) is 18.0 Å². The first-order valence-corrected chi connectivity index (χ1v) is 9.16. The summed E-state index contributed by atoms with van der Waals surface area (Å²) in [6, 6.07) is 0. The van der Waals surface area contributed by atoms with Crippen molar-refractivity contribution in [3.05, 3.63) is 0 Å². The molecule has 2 fully saturated rings. The number of hydrogen-bond acceptors (Lipinski definition) is 5. The molecule has 0 atom stereocenters. The summed E-state index contributed by atoms with van der Waals surface area (Å²) in [6.45, 7) is 2.11. The molecular formula is C10H16B2N2O4S2. The molecule has 0 saturated carbocycles. The highest BCUT2D eigenvalue weighted by atomic mass is 32.2. The molecule has 0 aliphatic carbocycles. The van der Waals surface area contributed by atoms with Crippen LogP contribution in [0, 0.1) is 0 Å². The van der Waals surface area contributed by atoms with Gasteiger partial charge in [-0.2, -0.15) is 11.8 Å². The van der Waals surface area contributed by atoms with Crippen molar-refractivity contribution in [1.82, 2.24) is 9.80 Å². The molecule has 2 aliphatic rings. The van der Waals surface area contributed by atoms with Crippen molar-refractivity contribution < 1.29 is 18.0 Å². The molecule has 0 bridgehead atoms. The molecule has 20 heavy (non-hydrogen) atoms. The second-order valence-electron chi connectivity index (χ2n) is 4.41. The van der Waals surface area contributed by atoms with E-state index in [4.69, 9.17) is 15.7 Å². The van der Waals surface area contributed by atoms with Gasteiger partial charge in [0.05, 0.1) is 11.5 Å². The Balaban J connectivity index is 0.000000204. The van der Waals surface area contributed by atoms with Crippen LogP contribution in [0.1, 0.15) is 0 Å². The predicted molar refractivity (Wildman–Crippen MR) is 81.4 cm³/mol. The Morgan fingerprint density at radius 2 is 1.25 bits per heavy atom. The Labute approximate surface area is 126 Å². The van der Waals surface area contributed by atoms with Gasteiger partial charge in [0.15, 0.2) is 21.5 Å². The average Bonchev–Trinajstić information content (AvgIpc) is 2.40. The molecule has 2 amide bonds. The average molecular weight is 314 g/mol. The molecule has 10 heteroatoms. The number of carbonyl (C=O) groups excluding carboxylic acids is 2. The van der Waals surface area contributed by atoms with Crippen molar-refractivity contribution in [3.8, 4) is 0 Å². The molecule has 0 aromatic rings. The first kappa shape index (κ1) is 17.4. The van der Waals surface area contributed by atoms with E-state index < -0.39 is 15.6 Å². The Hall–Kier alpha value is -0.630. The van der Waals surface area contributed by atoms with E-state index in [1.807, 2.05) is 11.8 Å². The maximum atomic E-state index is 10.8. The van der Waals surface area contributed by atoms with E-state index in [1.54, 1.807) is 4.90 Å². The summed E-state index contributed by atoms with van der Waals surface area (Å²) in [6.07, 6.45) is 0. The van der Waals surface area contributed by atoms with Gasteiger partial charge >= 0.3 is 0 Å². The van der Waals surface area contributed by atoms with E-state index in [0.29, 0.717) is 0 Å². The Bertz CT molecular complexity index is 438. The van der Waals surface area contributed by atoms with Crippen molar-refractivity contribution in [2.45, 2.75) is 0 Å². The Morgan fingerprint density at radius 3 is 1.60 bits per heavy atom. The minimum Gasteiger partial charge on any atom is -0.351 e. The lowest BCUT2D eigenvalue weighted by Crippen LogP contribution is -2.43. The highest BCUT2D eigenvalue weighted by Crippen LogP contribution is 2.08.